The van der Waals surface area contributed by atoms with Crippen molar-refractivity contribution >= 4 is 62.2 Å². The molecule has 0 saturated carbocycles. The fraction of sp³-hybridized carbons (Fsp3) is 0. The molecule has 0 saturated heterocycles. The van der Waals surface area contributed by atoms with Crippen LogP contribution in [-0.2, 0) is 0 Å². The Labute approximate surface area is 97.1 Å². The second-order valence-electron chi connectivity index (χ2n) is 1.54. The molecule has 4 heteroatoms. The maximum atomic E-state index is 5.70. The molecule has 52 valence electrons. The summed E-state index contributed by atoms with van der Waals surface area (Å²) >= 11 is 14.6. The third kappa shape index (κ3) is 2.59. The van der Waals surface area contributed by atoms with E-state index in [1.165, 1.54) is 0 Å². The Hall–Kier alpha value is 1.05. The quantitative estimate of drug-likeness (QED) is 0.489. The molecule has 0 nitrogen and oxygen atoms in total. The second kappa shape index (κ2) is 4.83. The van der Waals surface area contributed by atoms with E-state index in [1.807, 2.05) is 12.1 Å². The summed E-state index contributed by atoms with van der Waals surface area (Å²) in [5.74, 6) is 0. The van der Waals surface area contributed by atoms with Gasteiger partial charge < -0.3 is 2.85 Å². The van der Waals surface area contributed by atoms with Gasteiger partial charge in [-0.1, -0.05) is 29.3 Å². The standard InChI is InChI=1S/C6H3BrCl2.Mg.2H/c7-4-2-1-3-5(8)6(4)9;;;/h1-3H;;;/q;+2;2*-1. The van der Waals surface area contributed by atoms with Crippen LogP contribution in [0.3, 0.4) is 0 Å². The van der Waals surface area contributed by atoms with Gasteiger partial charge in [0.05, 0.1) is 10.0 Å². The SMILES string of the molecule is Clc1cccc(Br)c1Cl.[H-].[H-].[Mg+2]. The number of rotatable bonds is 0. The maximum Gasteiger partial charge on any atom is 2.00 e. The molecule has 0 aliphatic rings. The van der Waals surface area contributed by atoms with E-state index in [1.54, 1.807) is 6.07 Å². The Morgan fingerprint density at radius 1 is 1.30 bits per heavy atom. The first-order valence-corrected chi connectivity index (χ1v) is 3.86. The second-order valence-corrected chi connectivity index (χ2v) is 3.18. The summed E-state index contributed by atoms with van der Waals surface area (Å²) in [5.41, 5.74) is 0. The molecule has 0 spiro atoms. The average Bonchev–Trinajstić information content (AvgIpc) is 1.83. The van der Waals surface area contributed by atoms with Gasteiger partial charge in [0.15, 0.2) is 0 Å². The molecular formula is C6H5BrCl2Mg. The van der Waals surface area contributed by atoms with Crippen LogP contribution in [0.1, 0.15) is 2.85 Å². The van der Waals surface area contributed by atoms with Crippen LogP contribution in [0.25, 0.3) is 0 Å². The van der Waals surface area contributed by atoms with Crippen LogP contribution in [-0.4, -0.2) is 23.1 Å². The normalized spacial score (nSPS) is 8.70. The number of benzene rings is 1. The Morgan fingerprint density at radius 2 is 1.90 bits per heavy atom. The molecule has 0 N–H and O–H groups in total. The molecule has 0 aliphatic carbocycles. The van der Waals surface area contributed by atoms with Crippen LogP contribution in [0.4, 0.5) is 0 Å². The minimum atomic E-state index is 0. The van der Waals surface area contributed by atoms with Gasteiger partial charge in [-0.3, -0.25) is 0 Å². The van der Waals surface area contributed by atoms with Crippen LogP contribution in [0, 0.1) is 0 Å². The van der Waals surface area contributed by atoms with Gasteiger partial charge >= 0.3 is 23.1 Å². The van der Waals surface area contributed by atoms with Crippen LogP contribution in [0.5, 0.6) is 0 Å². The third-order valence-electron chi connectivity index (χ3n) is 0.904. The molecule has 1 rings (SSSR count). The number of hydrogen-bond donors (Lipinski definition) is 0. The Bertz CT molecular complexity index is 215. The monoisotopic (exact) mass is 250 g/mol. The molecule has 0 amide bonds. The number of hydrogen-bond acceptors (Lipinski definition) is 0. The fourth-order valence-electron chi connectivity index (χ4n) is 0.477. The van der Waals surface area contributed by atoms with Gasteiger partial charge in [-0.2, -0.15) is 0 Å². The smallest absolute Gasteiger partial charge is 1.00 e. The molecule has 0 heterocycles. The molecule has 0 aromatic heterocycles. The third-order valence-corrected chi connectivity index (χ3v) is 2.61. The molecule has 1 aromatic carbocycles. The molecular weight excluding hydrogens is 247 g/mol. The molecule has 0 bridgehead atoms. The Morgan fingerprint density at radius 3 is 2.30 bits per heavy atom. The molecule has 0 fully saturated rings. The van der Waals surface area contributed by atoms with E-state index >= 15 is 0 Å². The summed E-state index contributed by atoms with van der Waals surface area (Å²) in [6.45, 7) is 0. The largest absolute Gasteiger partial charge is 2.00 e. The number of halogens is 3. The van der Waals surface area contributed by atoms with Gasteiger partial charge in [0.1, 0.15) is 0 Å². The van der Waals surface area contributed by atoms with Crippen molar-refractivity contribution in [1.82, 2.24) is 0 Å². The molecule has 0 aliphatic heterocycles. The van der Waals surface area contributed by atoms with Crippen molar-refractivity contribution < 1.29 is 2.85 Å². The van der Waals surface area contributed by atoms with Crippen LogP contribution < -0.4 is 0 Å². The fourth-order valence-corrected chi connectivity index (χ4v) is 1.26. The zero-order valence-corrected chi connectivity index (χ0v) is 9.59. The van der Waals surface area contributed by atoms with E-state index < -0.39 is 0 Å². The first-order valence-electron chi connectivity index (χ1n) is 2.31. The minimum Gasteiger partial charge on any atom is -1.00 e. The van der Waals surface area contributed by atoms with Gasteiger partial charge in [-0.15, -0.1) is 0 Å². The van der Waals surface area contributed by atoms with E-state index in [0.29, 0.717) is 10.0 Å². The van der Waals surface area contributed by atoms with Gasteiger partial charge in [-0.05, 0) is 28.1 Å². The zero-order valence-electron chi connectivity index (χ0n) is 7.07. The summed E-state index contributed by atoms with van der Waals surface area (Å²) in [6, 6.07) is 5.42. The predicted octanol–water partition coefficient (Wildman–Crippen LogP) is 3.60. The van der Waals surface area contributed by atoms with Gasteiger partial charge in [0.25, 0.3) is 0 Å². The van der Waals surface area contributed by atoms with Crippen molar-refractivity contribution in [3.63, 3.8) is 0 Å². The van der Waals surface area contributed by atoms with Gasteiger partial charge in [0.2, 0.25) is 0 Å². The predicted molar refractivity (Wildman–Crippen MR) is 52.1 cm³/mol. The minimum absolute atomic E-state index is 0. The summed E-state index contributed by atoms with van der Waals surface area (Å²) < 4.78 is 0.830. The summed E-state index contributed by atoms with van der Waals surface area (Å²) in [5, 5.41) is 1.14. The van der Waals surface area contributed by atoms with Crippen molar-refractivity contribution in [3.8, 4) is 0 Å². The topological polar surface area (TPSA) is 0 Å². The molecule has 0 radical (unpaired) electrons. The van der Waals surface area contributed by atoms with Crippen LogP contribution in [0.2, 0.25) is 10.0 Å². The Balaban J connectivity index is -0.000000270. The maximum absolute atomic E-state index is 5.70. The molecule has 1 aromatic rings. The van der Waals surface area contributed by atoms with Gasteiger partial charge in [0, 0.05) is 4.47 Å². The van der Waals surface area contributed by atoms with Crippen molar-refractivity contribution in [2.75, 3.05) is 0 Å². The van der Waals surface area contributed by atoms with E-state index in [9.17, 15) is 0 Å². The van der Waals surface area contributed by atoms with Crippen LogP contribution >= 0.6 is 39.1 Å². The first kappa shape index (κ1) is 11.0. The molecule has 10 heavy (non-hydrogen) atoms. The van der Waals surface area contributed by atoms with E-state index in [-0.39, 0.29) is 25.9 Å². The molecule has 0 unspecified atom stereocenters. The Kier molecular flexibility index (Phi) is 5.34. The zero-order chi connectivity index (χ0) is 6.85. The summed E-state index contributed by atoms with van der Waals surface area (Å²) in [7, 11) is 0. The van der Waals surface area contributed by atoms with Crippen molar-refractivity contribution in [2.45, 2.75) is 0 Å². The summed E-state index contributed by atoms with van der Waals surface area (Å²) in [6.07, 6.45) is 0. The van der Waals surface area contributed by atoms with Crippen molar-refractivity contribution in [2.24, 2.45) is 0 Å². The molecule has 0 atom stereocenters. The van der Waals surface area contributed by atoms with Gasteiger partial charge in [-0.25, -0.2) is 0 Å². The van der Waals surface area contributed by atoms with E-state index in [0.717, 1.165) is 4.47 Å². The first-order chi connectivity index (χ1) is 4.22. The van der Waals surface area contributed by atoms with E-state index in [2.05, 4.69) is 15.9 Å². The van der Waals surface area contributed by atoms with Crippen LogP contribution in [0.15, 0.2) is 22.7 Å². The van der Waals surface area contributed by atoms with E-state index in [4.69, 9.17) is 23.2 Å². The summed E-state index contributed by atoms with van der Waals surface area (Å²) in [4.78, 5) is 0. The van der Waals surface area contributed by atoms with Crippen molar-refractivity contribution in [1.29, 1.82) is 0 Å². The van der Waals surface area contributed by atoms with Crippen molar-refractivity contribution in [3.05, 3.63) is 32.7 Å². The average molecular weight is 252 g/mol.